The van der Waals surface area contributed by atoms with Gasteiger partial charge in [0.05, 0.1) is 5.69 Å². The van der Waals surface area contributed by atoms with Crippen LogP contribution >= 0.6 is 0 Å². The molecule has 1 unspecified atom stereocenters. The van der Waals surface area contributed by atoms with Crippen molar-refractivity contribution in [2.75, 3.05) is 12.3 Å². The summed E-state index contributed by atoms with van der Waals surface area (Å²) in [7, 11) is 0. The van der Waals surface area contributed by atoms with Crippen LogP contribution in [0.25, 0.3) is 0 Å². The first kappa shape index (κ1) is 13.3. The zero-order valence-electron chi connectivity index (χ0n) is 11.9. The molecule has 0 radical (unpaired) electrons. The molecule has 0 aromatic carbocycles. The lowest BCUT2D eigenvalue weighted by atomic mass is 9.99. The lowest BCUT2D eigenvalue weighted by Gasteiger charge is -2.35. The van der Waals surface area contributed by atoms with Gasteiger partial charge in [-0.2, -0.15) is 0 Å². The predicted octanol–water partition coefficient (Wildman–Crippen LogP) is 3.05. The number of nitrogens with two attached hydrogens (primary N) is 1. The normalized spacial score (nSPS) is 21.2. The van der Waals surface area contributed by atoms with Gasteiger partial charge in [0, 0.05) is 24.5 Å². The first-order chi connectivity index (χ1) is 8.63. The van der Waals surface area contributed by atoms with Crippen molar-refractivity contribution in [3.8, 4) is 0 Å². The third-order valence-electron chi connectivity index (χ3n) is 4.25. The van der Waals surface area contributed by atoms with Crippen LogP contribution in [-0.2, 0) is 6.54 Å². The molecule has 1 aromatic heterocycles. The Labute approximate surface area is 110 Å². The smallest absolute Gasteiger partial charge is 0.0593 e. The minimum Gasteiger partial charge on any atom is -0.398 e. The Morgan fingerprint density at radius 2 is 2.17 bits per heavy atom. The Bertz CT molecular complexity index is 414. The second-order valence-corrected chi connectivity index (χ2v) is 5.45. The molecule has 2 N–H and O–H groups in total. The number of nitrogens with zero attached hydrogens (tertiary/aromatic N) is 2. The lowest BCUT2D eigenvalue weighted by molar-refractivity contribution is 0.134. The van der Waals surface area contributed by atoms with E-state index in [4.69, 9.17) is 5.73 Å². The molecule has 1 aliphatic heterocycles. The predicted molar refractivity (Wildman–Crippen MR) is 76.5 cm³/mol. The number of anilines is 1. The van der Waals surface area contributed by atoms with E-state index in [0.717, 1.165) is 35.1 Å². The van der Waals surface area contributed by atoms with E-state index >= 15 is 0 Å². The van der Waals surface area contributed by atoms with Crippen molar-refractivity contribution in [1.29, 1.82) is 0 Å². The molecule has 1 fully saturated rings. The number of hydrogen-bond acceptors (Lipinski definition) is 3. The highest BCUT2D eigenvalue weighted by Gasteiger charge is 2.22. The van der Waals surface area contributed by atoms with Gasteiger partial charge < -0.3 is 5.73 Å². The molecule has 1 saturated heterocycles. The van der Waals surface area contributed by atoms with Crippen LogP contribution in [0.5, 0.6) is 0 Å². The monoisotopic (exact) mass is 247 g/mol. The van der Waals surface area contributed by atoms with Crippen molar-refractivity contribution >= 4 is 5.69 Å². The molecular weight excluding hydrogens is 222 g/mol. The molecule has 1 aromatic rings. The van der Waals surface area contributed by atoms with Crippen LogP contribution in [0.2, 0.25) is 0 Å². The van der Waals surface area contributed by atoms with Gasteiger partial charge in [0.2, 0.25) is 0 Å². The molecule has 1 atom stereocenters. The fourth-order valence-electron chi connectivity index (χ4n) is 2.87. The van der Waals surface area contributed by atoms with Crippen LogP contribution in [0.3, 0.4) is 0 Å². The molecule has 1 aliphatic rings. The summed E-state index contributed by atoms with van der Waals surface area (Å²) in [5.74, 6) is 0. The molecule has 100 valence electrons. The highest BCUT2D eigenvalue weighted by atomic mass is 15.2. The fourth-order valence-corrected chi connectivity index (χ4v) is 2.87. The van der Waals surface area contributed by atoms with Gasteiger partial charge in [0.1, 0.15) is 0 Å². The molecular formula is C15H25N3. The van der Waals surface area contributed by atoms with Gasteiger partial charge in [0.25, 0.3) is 0 Å². The summed E-state index contributed by atoms with van der Waals surface area (Å²) in [6, 6.07) is 0.725. The van der Waals surface area contributed by atoms with E-state index in [1.165, 1.54) is 32.2 Å². The minimum absolute atomic E-state index is 0.725. The standard InChI is InChI=1S/C15H25N3/c1-4-13-7-5-6-8-18(13)10-14-12(3)15(16)11(2)9-17-14/h9,13H,4-8,10H2,1-3H3,(H2,16,17). The maximum Gasteiger partial charge on any atom is 0.0593 e. The summed E-state index contributed by atoms with van der Waals surface area (Å²) in [4.78, 5) is 7.16. The Kier molecular flexibility index (Phi) is 4.23. The van der Waals surface area contributed by atoms with Crippen LogP contribution in [0, 0.1) is 13.8 Å². The van der Waals surface area contributed by atoms with Gasteiger partial charge in [-0.05, 0) is 50.8 Å². The van der Waals surface area contributed by atoms with Crippen molar-refractivity contribution in [2.24, 2.45) is 0 Å². The van der Waals surface area contributed by atoms with E-state index in [1.807, 2.05) is 13.1 Å². The second kappa shape index (κ2) is 5.70. The zero-order valence-corrected chi connectivity index (χ0v) is 11.9. The summed E-state index contributed by atoms with van der Waals surface area (Å²) < 4.78 is 0. The van der Waals surface area contributed by atoms with E-state index in [1.54, 1.807) is 0 Å². The van der Waals surface area contributed by atoms with Crippen molar-refractivity contribution in [3.05, 3.63) is 23.0 Å². The highest BCUT2D eigenvalue weighted by molar-refractivity contribution is 5.53. The number of likely N-dealkylation sites (tertiary alicyclic amines) is 1. The van der Waals surface area contributed by atoms with Gasteiger partial charge >= 0.3 is 0 Å². The van der Waals surface area contributed by atoms with Crippen LogP contribution in [0.1, 0.15) is 49.4 Å². The summed E-state index contributed by atoms with van der Waals surface area (Å²) in [6.45, 7) is 8.55. The van der Waals surface area contributed by atoms with E-state index in [-0.39, 0.29) is 0 Å². The quantitative estimate of drug-likeness (QED) is 0.892. The Balaban J connectivity index is 2.15. The summed E-state index contributed by atoms with van der Waals surface area (Å²) in [6.07, 6.45) is 7.16. The van der Waals surface area contributed by atoms with Gasteiger partial charge in [-0.25, -0.2) is 0 Å². The van der Waals surface area contributed by atoms with E-state index in [9.17, 15) is 0 Å². The molecule has 3 heteroatoms. The van der Waals surface area contributed by atoms with Gasteiger partial charge in [0.15, 0.2) is 0 Å². The van der Waals surface area contributed by atoms with Crippen molar-refractivity contribution in [2.45, 2.75) is 59.0 Å². The van der Waals surface area contributed by atoms with E-state index in [0.29, 0.717) is 0 Å². The van der Waals surface area contributed by atoms with Crippen LogP contribution < -0.4 is 5.73 Å². The zero-order chi connectivity index (χ0) is 13.1. The number of hydrogen-bond donors (Lipinski definition) is 1. The van der Waals surface area contributed by atoms with Gasteiger partial charge in [-0.1, -0.05) is 13.3 Å². The average Bonchev–Trinajstić information content (AvgIpc) is 2.40. The van der Waals surface area contributed by atoms with Crippen LogP contribution in [0.4, 0.5) is 5.69 Å². The SMILES string of the molecule is CCC1CCCCN1Cc1ncc(C)c(N)c1C. The molecule has 0 amide bonds. The van der Waals surface area contributed by atoms with E-state index in [2.05, 4.69) is 23.7 Å². The Morgan fingerprint density at radius 3 is 2.89 bits per heavy atom. The third-order valence-corrected chi connectivity index (χ3v) is 4.25. The molecule has 0 bridgehead atoms. The molecule has 3 nitrogen and oxygen atoms in total. The number of piperidine rings is 1. The average molecular weight is 247 g/mol. The number of rotatable bonds is 3. The van der Waals surface area contributed by atoms with Crippen LogP contribution in [-0.4, -0.2) is 22.5 Å². The summed E-state index contributed by atoms with van der Waals surface area (Å²) >= 11 is 0. The molecule has 2 heterocycles. The lowest BCUT2D eigenvalue weighted by Crippen LogP contribution is -2.38. The molecule has 0 aliphatic carbocycles. The highest BCUT2D eigenvalue weighted by Crippen LogP contribution is 2.24. The molecule has 0 saturated carbocycles. The fraction of sp³-hybridized carbons (Fsp3) is 0.667. The number of nitrogen functional groups attached to an aromatic ring is 1. The van der Waals surface area contributed by atoms with Crippen LogP contribution in [0.15, 0.2) is 6.20 Å². The van der Waals surface area contributed by atoms with Gasteiger partial charge in [-0.15, -0.1) is 0 Å². The molecule has 2 rings (SSSR count). The maximum absolute atomic E-state index is 6.10. The summed E-state index contributed by atoms with van der Waals surface area (Å²) in [5, 5.41) is 0. The third kappa shape index (κ3) is 2.66. The minimum atomic E-state index is 0.725. The molecule has 0 spiro atoms. The van der Waals surface area contributed by atoms with Crippen molar-refractivity contribution < 1.29 is 0 Å². The number of aryl methyl sites for hydroxylation is 1. The van der Waals surface area contributed by atoms with E-state index < -0.39 is 0 Å². The molecule has 18 heavy (non-hydrogen) atoms. The Morgan fingerprint density at radius 1 is 1.39 bits per heavy atom. The van der Waals surface area contributed by atoms with Crippen molar-refractivity contribution in [3.63, 3.8) is 0 Å². The first-order valence-corrected chi connectivity index (χ1v) is 7.08. The largest absolute Gasteiger partial charge is 0.398 e. The second-order valence-electron chi connectivity index (χ2n) is 5.45. The topological polar surface area (TPSA) is 42.2 Å². The number of pyridine rings is 1. The Hall–Kier alpha value is -1.09. The van der Waals surface area contributed by atoms with Crippen molar-refractivity contribution in [1.82, 2.24) is 9.88 Å². The maximum atomic E-state index is 6.10. The summed E-state index contributed by atoms with van der Waals surface area (Å²) in [5.41, 5.74) is 10.4. The van der Waals surface area contributed by atoms with Gasteiger partial charge in [-0.3, -0.25) is 9.88 Å². The first-order valence-electron chi connectivity index (χ1n) is 7.08. The number of aromatic nitrogens is 1.